The van der Waals surface area contributed by atoms with Gasteiger partial charge in [0.25, 0.3) is 0 Å². The minimum absolute atomic E-state index is 0.991. The van der Waals surface area contributed by atoms with Crippen LogP contribution in [0.3, 0.4) is 0 Å². The molecule has 0 amide bonds. The van der Waals surface area contributed by atoms with E-state index in [-0.39, 0.29) is 0 Å². The third-order valence-electron chi connectivity index (χ3n) is 2.51. The average molecular weight is 257 g/mol. The predicted octanol–water partition coefficient (Wildman–Crippen LogP) is 3.38. The number of rotatable bonds is 0. The second kappa shape index (κ2) is 3.03. The molecule has 0 aliphatic carbocycles. The van der Waals surface area contributed by atoms with Crippen LogP contribution < -0.4 is 0 Å². The van der Waals surface area contributed by atoms with Crippen LogP contribution >= 0.6 is 27.7 Å². The van der Waals surface area contributed by atoms with Crippen molar-refractivity contribution in [1.29, 1.82) is 0 Å². The third kappa shape index (κ3) is 1.20. The molecule has 0 atom stereocenters. The Morgan fingerprint density at radius 1 is 0.923 bits per heavy atom. The van der Waals surface area contributed by atoms with Gasteiger partial charge in [0.15, 0.2) is 0 Å². The third-order valence-corrected chi connectivity index (χ3v) is 4.00. The quantitative estimate of drug-likeness (QED) is 0.723. The Labute approximate surface area is 89.4 Å². The van der Waals surface area contributed by atoms with Crippen LogP contribution in [0, 0.1) is 20.8 Å². The van der Waals surface area contributed by atoms with Crippen LogP contribution in [0.1, 0.15) is 16.7 Å². The van der Waals surface area contributed by atoms with E-state index >= 15 is 0 Å². The number of halogens is 1. The van der Waals surface area contributed by atoms with E-state index < -0.39 is 0 Å². The number of aromatic nitrogens is 2. The fraction of sp³-hybridized carbons (Fsp3) is 0.333. The molecule has 0 saturated heterocycles. The van der Waals surface area contributed by atoms with Crippen molar-refractivity contribution in [2.75, 3.05) is 0 Å². The summed E-state index contributed by atoms with van der Waals surface area (Å²) in [7, 11) is 0. The lowest BCUT2D eigenvalue weighted by Gasteiger charge is -2.06. The number of hydrogen-bond acceptors (Lipinski definition) is 3. The van der Waals surface area contributed by atoms with Crippen LogP contribution in [0.15, 0.2) is 4.47 Å². The van der Waals surface area contributed by atoms with E-state index in [1.807, 2.05) is 0 Å². The normalized spacial score (nSPS) is 11.1. The maximum Gasteiger partial charge on any atom is 0.119 e. The minimum atomic E-state index is 0.991. The molecule has 1 aromatic heterocycles. The number of benzene rings is 1. The number of aryl methyl sites for hydroxylation is 1. The van der Waals surface area contributed by atoms with Gasteiger partial charge < -0.3 is 0 Å². The number of fused-ring (bicyclic) bond motifs is 1. The van der Waals surface area contributed by atoms with Crippen LogP contribution in [0.4, 0.5) is 0 Å². The topological polar surface area (TPSA) is 25.8 Å². The second-order valence-corrected chi connectivity index (χ2v) is 4.47. The van der Waals surface area contributed by atoms with Crippen molar-refractivity contribution < 1.29 is 0 Å². The molecule has 0 bridgehead atoms. The van der Waals surface area contributed by atoms with Crippen molar-refractivity contribution in [3.8, 4) is 0 Å². The lowest BCUT2D eigenvalue weighted by molar-refractivity contribution is 1.27. The van der Waals surface area contributed by atoms with E-state index in [2.05, 4.69) is 45.4 Å². The highest BCUT2D eigenvalue weighted by atomic mass is 79.9. The first-order chi connectivity index (χ1) is 6.13. The van der Waals surface area contributed by atoms with Crippen molar-refractivity contribution in [2.45, 2.75) is 20.8 Å². The maximum absolute atomic E-state index is 4.28. The molecule has 68 valence electrons. The van der Waals surface area contributed by atoms with E-state index in [0.717, 1.165) is 15.5 Å². The summed E-state index contributed by atoms with van der Waals surface area (Å²) in [5.41, 5.74) is 5.82. The lowest BCUT2D eigenvalue weighted by atomic mass is 10.0. The fourth-order valence-electron chi connectivity index (χ4n) is 1.38. The highest BCUT2D eigenvalue weighted by molar-refractivity contribution is 9.10. The van der Waals surface area contributed by atoms with E-state index in [9.17, 15) is 0 Å². The van der Waals surface area contributed by atoms with Crippen LogP contribution in [-0.4, -0.2) is 8.75 Å². The summed E-state index contributed by atoms with van der Waals surface area (Å²) in [6, 6.07) is 0. The number of hydrogen-bond donors (Lipinski definition) is 0. The van der Waals surface area contributed by atoms with Crippen LogP contribution in [-0.2, 0) is 0 Å². The molecule has 0 aliphatic rings. The minimum Gasteiger partial charge on any atom is -0.173 e. The molecule has 0 aliphatic heterocycles. The summed E-state index contributed by atoms with van der Waals surface area (Å²) in [4.78, 5) is 0. The highest BCUT2D eigenvalue weighted by Gasteiger charge is 2.12. The first-order valence-corrected chi connectivity index (χ1v) is 5.52. The van der Waals surface area contributed by atoms with E-state index in [1.54, 1.807) is 0 Å². The summed E-state index contributed by atoms with van der Waals surface area (Å²) in [5, 5.41) is 0. The van der Waals surface area contributed by atoms with Crippen LogP contribution in [0.5, 0.6) is 0 Å². The zero-order chi connectivity index (χ0) is 9.59. The van der Waals surface area contributed by atoms with Gasteiger partial charge in [0.2, 0.25) is 0 Å². The molecule has 0 saturated carbocycles. The summed E-state index contributed by atoms with van der Waals surface area (Å²) in [6.07, 6.45) is 0. The first kappa shape index (κ1) is 9.09. The van der Waals surface area contributed by atoms with E-state index in [1.165, 1.54) is 28.4 Å². The molecule has 0 fully saturated rings. The Morgan fingerprint density at radius 3 is 2.23 bits per heavy atom. The van der Waals surface area contributed by atoms with Gasteiger partial charge in [0, 0.05) is 4.47 Å². The molecule has 0 radical (unpaired) electrons. The first-order valence-electron chi connectivity index (χ1n) is 4.00. The van der Waals surface area contributed by atoms with E-state index in [0.29, 0.717) is 0 Å². The monoisotopic (exact) mass is 256 g/mol. The van der Waals surface area contributed by atoms with Crippen molar-refractivity contribution in [2.24, 2.45) is 0 Å². The standard InChI is InChI=1S/C9H9BrN2S/c1-4-5(2)7(10)9-8(6(4)3)11-13-12-9/h1-3H3. The Balaban J connectivity index is 3.02. The molecule has 0 unspecified atom stereocenters. The Kier molecular flexibility index (Phi) is 2.12. The summed E-state index contributed by atoms with van der Waals surface area (Å²) in [5.74, 6) is 0. The molecular formula is C9H9BrN2S. The zero-order valence-corrected chi connectivity index (χ0v) is 10.1. The van der Waals surface area contributed by atoms with Gasteiger partial charge in [0.1, 0.15) is 11.0 Å². The molecule has 0 spiro atoms. The summed E-state index contributed by atoms with van der Waals surface area (Å²) in [6.45, 7) is 6.32. The molecule has 2 rings (SSSR count). The van der Waals surface area contributed by atoms with Gasteiger partial charge in [-0.25, -0.2) is 0 Å². The Bertz CT molecular complexity index is 434. The van der Waals surface area contributed by atoms with Crippen molar-refractivity contribution in [3.05, 3.63) is 21.2 Å². The van der Waals surface area contributed by atoms with Gasteiger partial charge in [-0.2, -0.15) is 8.75 Å². The van der Waals surface area contributed by atoms with Crippen molar-refractivity contribution in [1.82, 2.24) is 8.75 Å². The maximum atomic E-state index is 4.28. The summed E-state index contributed by atoms with van der Waals surface area (Å²) < 4.78 is 9.63. The second-order valence-electron chi connectivity index (χ2n) is 3.15. The van der Waals surface area contributed by atoms with Crippen molar-refractivity contribution in [3.63, 3.8) is 0 Å². The van der Waals surface area contributed by atoms with E-state index in [4.69, 9.17) is 0 Å². The fourth-order valence-corrected chi connectivity index (χ4v) is 2.68. The molecule has 1 heterocycles. The van der Waals surface area contributed by atoms with Crippen molar-refractivity contribution >= 4 is 38.7 Å². The molecule has 2 nitrogen and oxygen atoms in total. The molecule has 1 aromatic carbocycles. The Morgan fingerprint density at radius 2 is 1.54 bits per heavy atom. The number of nitrogens with zero attached hydrogens (tertiary/aromatic N) is 2. The molecule has 0 N–H and O–H groups in total. The lowest BCUT2D eigenvalue weighted by Crippen LogP contribution is -1.90. The molecule has 4 heteroatoms. The van der Waals surface area contributed by atoms with Gasteiger partial charge in [-0.15, -0.1) is 0 Å². The molecule has 13 heavy (non-hydrogen) atoms. The van der Waals surface area contributed by atoms with Gasteiger partial charge in [-0.05, 0) is 53.4 Å². The molecular weight excluding hydrogens is 248 g/mol. The van der Waals surface area contributed by atoms with Crippen LogP contribution in [0.2, 0.25) is 0 Å². The largest absolute Gasteiger partial charge is 0.173 e. The summed E-state index contributed by atoms with van der Waals surface area (Å²) >= 11 is 4.82. The van der Waals surface area contributed by atoms with Gasteiger partial charge in [0.05, 0.1) is 11.7 Å². The van der Waals surface area contributed by atoms with Crippen LogP contribution in [0.25, 0.3) is 11.0 Å². The Hall–Kier alpha value is -0.480. The smallest absolute Gasteiger partial charge is 0.119 e. The predicted molar refractivity (Wildman–Crippen MR) is 59.3 cm³/mol. The van der Waals surface area contributed by atoms with Gasteiger partial charge in [-0.3, -0.25) is 0 Å². The average Bonchev–Trinajstić information content (AvgIpc) is 2.59. The van der Waals surface area contributed by atoms with Gasteiger partial charge in [-0.1, -0.05) is 0 Å². The SMILES string of the molecule is Cc1c(C)c(Br)c2nsnc2c1C. The van der Waals surface area contributed by atoms with Gasteiger partial charge >= 0.3 is 0 Å². The zero-order valence-electron chi connectivity index (χ0n) is 7.68. The molecule has 2 aromatic rings. The highest BCUT2D eigenvalue weighted by Crippen LogP contribution is 2.31.